The zero-order valence-corrected chi connectivity index (χ0v) is 25.0. The maximum absolute atomic E-state index is 13.6. The van der Waals surface area contributed by atoms with Crippen LogP contribution >= 0.6 is 11.3 Å². The third-order valence-corrected chi connectivity index (χ3v) is 9.00. The number of carbonyl (C=O) groups is 1. The van der Waals surface area contributed by atoms with E-state index in [0.717, 1.165) is 71.3 Å². The van der Waals surface area contributed by atoms with Gasteiger partial charge in [-0.1, -0.05) is 24.3 Å². The normalized spacial score (nSPS) is 15.4. The number of primary amides is 1. The summed E-state index contributed by atoms with van der Waals surface area (Å²) in [7, 11) is 2.14. The highest BCUT2D eigenvalue weighted by atomic mass is 32.1. The highest BCUT2D eigenvalue weighted by molar-refractivity contribution is 7.16. The standard InChI is InChI=1S/C32H31F3N6O2S/c1-19(23-5-3-4-6-24(23)32(33,34)35)43-27-17-29(44-30(27)31(36)42)41-18-38-25-15-20(7-8-26(25)41)21-9-12-37-28(16-21)39-22-10-13-40(2)14-11-22/h3-9,12,15-19,22H,10-11,13-14H2,1-2H3,(H2,36,42)(H,37,39). The van der Waals surface area contributed by atoms with Gasteiger partial charge in [0.05, 0.1) is 16.6 Å². The van der Waals surface area contributed by atoms with Crippen molar-refractivity contribution in [1.29, 1.82) is 0 Å². The number of piperidine rings is 1. The average Bonchev–Trinajstić information content (AvgIpc) is 3.62. The number of nitrogens with zero attached hydrogens (tertiary/aromatic N) is 4. The van der Waals surface area contributed by atoms with Crippen LogP contribution in [0.5, 0.6) is 5.75 Å². The lowest BCUT2D eigenvalue weighted by molar-refractivity contribution is -0.139. The van der Waals surface area contributed by atoms with E-state index in [2.05, 4.69) is 27.2 Å². The van der Waals surface area contributed by atoms with E-state index in [-0.39, 0.29) is 16.2 Å². The third-order valence-electron chi connectivity index (χ3n) is 7.87. The number of fused-ring (bicyclic) bond motifs is 1. The van der Waals surface area contributed by atoms with Crippen molar-refractivity contribution >= 4 is 34.1 Å². The van der Waals surface area contributed by atoms with Gasteiger partial charge in [-0.3, -0.25) is 9.36 Å². The van der Waals surface area contributed by atoms with Crippen LogP contribution in [0.25, 0.3) is 27.2 Å². The Labute approximate surface area is 256 Å². The van der Waals surface area contributed by atoms with Crippen LogP contribution in [0.2, 0.25) is 0 Å². The van der Waals surface area contributed by atoms with Gasteiger partial charge in [0.1, 0.15) is 33.9 Å². The average molecular weight is 621 g/mol. The molecule has 1 unspecified atom stereocenters. The summed E-state index contributed by atoms with van der Waals surface area (Å²) in [6, 6.07) is 17.1. The van der Waals surface area contributed by atoms with Crippen LogP contribution in [0, 0.1) is 0 Å². The quantitative estimate of drug-likeness (QED) is 0.196. The van der Waals surface area contributed by atoms with E-state index < -0.39 is 23.8 Å². The third kappa shape index (κ3) is 6.13. The van der Waals surface area contributed by atoms with Crippen LogP contribution in [0.1, 0.15) is 46.7 Å². The molecule has 4 heterocycles. The van der Waals surface area contributed by atoms with Gasteiger partial charge in [-0.25, -0.2) is 9.97 Å². The lowest BCUT2D eigenvalue weighted by Crippen LogP contribution is -2.36. The summed E-state index contributed by atoms with van der Waals surface area (Å²) in [6.07, 6.45) is 0.0288. The molecule has 0 saturated carbocycles. The Balaban J connectivity index is 1.26. The number of ether oxygens (including phenoxy) is 1. The molecule has 3 aromatic heterocycles. The molecule has 0 radical (unpaired) electrons. The van der Waals surface area contributed by atoms with Gasteiger partial charge >= 0.3 is 6.18 Å². The lowest BCUT2D eigenvalue weighted by atomic mass is 10.0. The molecule has 5 aromatic rings. The summed E-state index contributed by atoms with van der Waals surface area (Å²) in [5, 5.41) is 4.16. The van der Waals surface area contributed by atoms with E-state index >= 15 is 0 Å². The molecule has 1 fully saturated rings. The number of nitrogens with one attached hydrogen (secondary N) is 1. The lowest BCUT2D eigenvalue weighted by Gasteiger charge is -2.29. The van der Waals surface area contributed by atoms with Crippen molar-refractivity contribution < 1.29 is 22.7 Å². The Kier molecular flexibility index (Phi) is 8.04. The van der Waals surface area contributed by atoms with Gasteiger partial charge in [-0.15, -0.1) is 11.3 Å². The van der Waals surface area contributed by atoms with Crippen molar-refractivity contribution in [3.8, 4) is 21.9 Å². The van der Waals surface area contributed by atoms with Crippen molar-refractivity contribution in [3.63, 3.8) is 0 Å². The van der Waals surface area contributed by atoms with Crippen molar-refractivity contribution in [2.45, 2.75) is 38.1 Å². The Morgan fingerprint density at radius 3 is 2.57 bits per heavy atom. The van der Waals surface area contributed by atoms with E-state index in [1.165, 1.54) is 25.1 Å². The number of benzene rings is 2. The fraction of sp³-hybridized carbons (Fsp3) is 0.281. The van der Waals surface area contributed by atoms with Crippen molar-refractivity contribution in [1.82, 2.24) is 19.4 Å². The van der Waals surface area contributed by atoms with E-state index in [0.29, 0.717) is 11.0 Å². The summed E-state index contributed by atoms with van der Waals surface area (Å²) >= 11 is 1.09. The number of likely N-dealkylation sites (tertiary alicyclic amines) is 1. The fourth-order valence-electron chi connectivity index (χ4n) is 5.52. The number of hydrogen-bond donors (Lipinski definition) is 2. The largest absolute Gasteiger partial charge is 0.484 e. The predicted molar refractivity (Wildman–Crippen MR) is 165 cm³/mol. The number of amides is 1. The van der Waals surface area contributed by atoms with Gasteiger partial charge in [-0.05, 0) is 81.4 Å². The number of thiophene rings is 1. The first-order valence-corrected chi connectivity index (χ1v) is 15.0. The highest BCUT2D eigenvalue weighted by Gasteiger charge is 2.35. The van der Waals surface area contributed by atoms with Gasteiger partial charge in [0.15, 0.2) is 0 Å². The Morgan fingerprint density at radius 1 is 1.07 bits per heavy atom. The molecule has 12 heteroatoms. The molecule has 1 amide bonds. The monoisotopic (exact) mass is 620 g/mol. The minimum atomic E-state index is -4.55. The highest BCUT2D eigenvalue weighted by Crippen LogP contribution is 2.39. The first-order valence-electron chi connectivity index (χ1n) is 14.2. The molecule has 0 bridgehead atoms. The molecule has 1 atom stereocenters. The zero-order valence-electron chi connectivity index (χ0n) is 24.1. The summed E-state index contributed by atoms with van der Waals surface area (Å²) in [6.45, 7) is 3.62. The Hall–Kier alpha value is -4.42. The minimum absolute atomic E-state index is 0.0374. The van der Waals surface area contributed by atoms with E-state index in [4.69, 9.17) is 10.5 Å². The maximum atomic E-state index is 13.6. The molecule has 3 N–H and O–H groups in total. The smallest absolute Gasteiger partial charge is 0.416 e. The number of hydrogen-bond acceptors (Lipinski definition) is 7. The molecule has 228 valence electrons. The topological polar surface area (TPSA) is 98.3 Å². The molecule has 44 heavy (non-hydrogen) atoms. The number of carbonyl (C=O) groups excluding carboxylic acids is 1. The molecule has 0 spiro atoms. The molecule has 8 nitrogen and oxygen atoms in total. The number of imidazole rings is 1. The van der Waals surface area contributed by atoms with E-state index in [1.807, 2.05) is 30.3 Å². The Morgan fingerprint density at radius 2 is 1.82 bits per heavy atom. The second-order valence-corrected chi connectivity index (χ2v) is 12.0. The number of nitrogens with two attached hydrogens (primary N) is 1. The van der Waals surface area contributed by atoms with Crippen LogP contribution in [-0.2, 0) is 6.18 Å². The Bertz CT molecular complexity index is 1810. The van der Waals surface area contributed by atoms with Gasteiger partial charge in [0.2, 0.25) is 0 Å². The molecule has 1 aliphatic rings. The van der Waals surface area contributed by atoms with Crippen molar-refractivity contribution in [2.24, 2.45) is 5.73 Å². The van der Waals surface area contributed by atoms with Gasteiger partial charge in [0, 0.05) is 23.9 Å². The van der Waals surface area contributed by atoms with Crippen LogP contribution < -0.4 is 15.8 Å². The molecular weight excluding hydrogens is 589 g/mol. The number of rotatable bonds is 8. The summed E-state index contributed by atoms with van der Waals surface area (Å²) < 4.78 is 48.6. The van der Waals surface area contributed by atoms with Crippen LogP contribution in [-0.4, -0.2) is 51.5 Å². The van der Waals surface area contributed by atoms with Crippen molar-refractivity contribution in [3.05, 3.63) is 89.2 Å². The molecule has 0 aliphatic carbocycles. The van der Waals surface area contributed by atoms with Gasteiger partial charge in [-0.2, -0.15) is 13.2 Å². The molecule has 2 aromatic carbocycles. The number of anilines is 1. The van der Waals surface area contributed by atoms with E-state index in [9.17, 15) is 18.0 Å². The molecular formula is C32H31F3N6O2S. The maximum Gasteiger partial charge on any atom is 0.416 e. The van der Waals surface area contributed by atoms with Gasteiger partial charge in [0.25, 0.3) is 5.91 Å². The number of aromatic nitrogens is 3. The molecule has 1 aliphatic heterocycles. The molecule has 1 saturated heterocycles. The van der Waals surface area contributed by atoms with Crippen LogP contribution in [0.3, 0.4) is 0 Å². The van der Waals surface area contributed by atoms with Crippen LogP contribution in [0.15, 0.2) is 73.2 Å². The molecule has 6 rings (SSSR count). The van der Waals surface area contributed by atoms with Crippen molar-refractivity contribution in [2.75, 3.05) is 25.5 Å². The minimum Gasteiger partial charge on any atom is -0.484 e. The predicted octanol–water partition coefficient (Wildman–Crippen LogP) is 6.91. The SMILES string of the molecule is CC(Oc1cc(-n2cnc3cc(-c4ccnc(NC5CCN(C)CC5)c4)ccc32)sc1C(N)=O)c1ccccc1C(F)(F)F. The first kappa shape index (κ1) is 29.6. The number of pyridine rings is 1. The van der Waals surface area contributed by atoms with Crippen LogP contribution in [0.4, 0.5) is 19.0 Å². The second kappa shape index (κ2) is 11.9. The fourth-order valence-corrected chi connectivity index (χ4v) is 6.45. The first-order chi connectivity index (χ1) is 21.1. The number of halogens is 3. The number of alkyl halides is 3. The summed E-state index contributed by atoms with van der Waals surface area (Å²) in [4.78, 5) is 23.9. The second-order valence-electron chi connectivity index (χ2n) is 11.0. The summed E-state index contributed by atoms with van der Waals surface area (Å²) in [5.41, 5.74) is 8.30. The zero-order chi connectivity index (χ0) is 31.0. The van der Waals surface area contributed by atoms with E-state index in [1.54, 1.807) is 23.2 Å². The summed E-state index contributed by atoms with van der Waals surface area (Å²) in [5.74, 6) is 0.211. The van der Waals surface area contributed by atoms with Gasteiger partial charge < -0.3 is 20.7 Å².